The van der Waals surface area contributed by atoms with Crippen LogP contribution >= 0.6 is 0 Å². The van der Waals surface area contributed by atoms with Crippen LogP contribution in [0.25, 0.3) is 11.5 Å². The highest BCUT2D eigenvalue weighted by molar-refractivity contribution is 5.79. The summed E-state index contributed by atoms with van der Waals surface area (Å²) < 4.78 is 0. The fourth-order valence-electron chi connectivity index (χ4n) is 3.16. The second kappa shape index (κ2) is 6.95. The second-order valence-corrected chi connectivity index (χ2v) is 6.30. The number of carbonyl (C=O) groups is 1. The van der Waals surface area contributed by atoms with Crippen LogP contribution in [-0.2, 0) is 11.2 Å². The van der Waals surface area contributed by atoms with Crippen molar-refractivity contribution in [2.24, 2.45) is 0 Å². The van der Waals surface area contributed by atoms with E-state index in [4.69, 9.17) is 0 Å². The van der Waals surface area contributed by atoms with Crippen molar-refractivity contribution in [1.82, 2.24) is 19.9 Å². The molecule has 126 valence electrons. The first-order valence-electron chi connectivity index (χ1n) is 8.37. The molecule has 3 heterocycles. The van der Waals surface area contributed by atoms with Gasteiger partial charge in [0.1, 0.15) is 5.69 Å². The second-order valence-electron chi connectivity index (χ2n) is 6.30. The molecule has 0 radical (unpaired) electrons. The number of H-pyrrole nitrogens is 1. The van der Waals surface area contributed by atoms with E-state index in [-0.39, 0.29) is 23.9 Å². The molecule has 2 aromatic heterocycles. The maximum absolute atomic E-state index is 12.6. The zero-order valence-electron chi connectivity index (χ0n) is 14.1. The molecule has 1 aliphatic heterocycles. The van der Waals surface area contributed by atoms with Gasteiger partial charge in [-0.1, -0.05) is 6.07 Å². The van der Waals surface area contributed by atoms with E-state index < -0.39 is 0 Å². The van der Waals surface area contributed by atoms with Crippen LogP contribution in [0.15, 0.2) is 29.2 Å². The van der Waals surface area contributed by atoms with Crippen LogP contribution in [0.3, 0.4) is 0 Å². The first kappa shape index (κ1) is 16.4. The molecule has 0 spiro atoms. The minimum Gasteiger partial charge on any atom is -0.340 e. The number of carbonyl (C=O) groups excluding carboxylic acids is 1. The molecule has 1 aliphatic rings. The van der Waals surface area contributed by atoms with Gasteiger partial charge in [0.25, 0.3) is 5.56 Å². The molecule has 24 heavy (non-hydrogen) atoms. The lowest BCUT2D eigenvalue weighted by atomic mass is 10.0. The first-order valence-corrected chi connectivity index (χ1v) is 8.37. The van der Waals surface area contributed by atoms with Crippen molar-refractivity contribution in [2.75, 3.05) is 6.54 Å². The number of likely N-dealkylation sites (tertiary alicyclic amines) is 1. The third-order valence-electron chi connectivity index (χ3n) is 4.58. The average Bonchev–Trinajstić information content (AvgIpc) is 2.59. The number of pyridine rings is 1. The Balaban J connectivity index is 1.84. The SMILES string of the molecule is Cc1nc(-c2ccccn2)[nH]c(=O)c1CC(=O)N1CCCCC1C. The summed E-state index contributed by atoms with van der Waals surface area (Å²) >= 11 is 0. The highest BCUT2D eigenvalue weighted by Gasteiger charge is 2.24. The standard InChI is InChI=1S/C18H22N4O2/c1-12-7-4-6-10-22(12)16(23)11-14-13(2)20-17(21-18(14)24)15-8-3-5-9-19-15/h3,5,8-9,12H,4,6-7,10-11H2,1-2H3,(H,20,21,24). The summed E-state index contributed by atoms with van der Waals surface area (Å²) in [6, 6.07) is 5.68. The zero-order chi connectivity index (χ0) is 17.1. The maximum Gasteiger partial charge on any atom is 0.255 e. The van der Waals surface area contributed by atoms with E-state index in [0.29, 0.717) is 22.8 Å². The molecule has 0 aromatic carbocycles. The number of aryl methyl sites for hydroxylation is 1. The molecule has 6 heteroatoms. The van der Waals surface area contributed by atoms with Crippen molar-refractivity contribution in [2.45, 2.75) is 45.6 Å². The third-order valence-corrected chi connectivity index (χ3v) is 4.58. The molecule has 2 aromatic rings. The van der Waals surface area contributed by atoms with Crippen molar-refractivity contribution >= 4 is 5.91 Å². The molecular weight excluding hydrogens is 304 g/mol. The minimum atomic E-state index is -0.263. The lowest BCUT2D eigenvalue weighted by molar-refractivity contribution is -0.133. The highest BCUT2D eigenvalue weighted by Crippen LogP contribution is 2.18. The predicted molar refractivity (Wildman–Crippen MR) is 91.6 cm³/mol. The van der Waals surface area contributed by atoms with E-state index in [1.165, 1.54) is 0 Å². The van der Waals surface area contributed by atoms with Crippen LogP contribution in [0.1, 0.15) is 37.4 Å². The monoisotopic (exact) mass is 326 g/mol. The summed E-state index contributed by atoms with van der Waals surface area (Å²) in [6.45, 7) is 4.61. The van der Waals surface area contributed by atoms with Crippen LogP contribution < -0.4 is 5.56 Å². The zero-order valence-corrected chi connectivity index (χ0v) is 14.1. The van der Waals surface area contributed by atoms with Crippen molar-refractivity contribution in [3.05, 3.63) is 46.0 Å². The molecule has 3 rings (SSSR count). The summed E-state index contributed by atoms with van der Waals surface area (Å²) in [5.41, 5.74) is 1.37. The van der Waals surface area contributed by atoms with Crippen LogP contribution in [0.4, 0.5) is 0 Å². The number of amides is 1. The Morgan fingerprint density at radius 2 is 2.21 bits per heavy atom. The lowest BCUT2D eigenvalue weighted by Gasteiger charge is -2.33. The smallest absolute Gasteiger partial charge is 0.255 e. The van der Waals surface area contributed by atoms with Gasteiger partial charge in [-0.2, -0.15) is 0 Å². The van der Waals surface area contributed by atoms with Gasteiger partial charge in [0.15, 0.2) is 5.82 Å². The van der Waals surface area contributed by atoms with E-state index in [2.05, 4.69) is 21.9 Å². The number of hydrogen-bond donors (Lipinski definition) is 1. The van der Waals surface area contributed by atoms with Gasteiger partial charge in [-0.05, 0) is 45.2 Å². The molecule has 1 amide bonds. The maximum atomic E-state index is 12.6. The summed E-state index contributed by atoms with van der Waals surface area (Å²) in [5, 5.41) is 0. The number of nitrogens with zero attached hydrogens (tertiary/aromatic N) is 3. The fraction of sp³-hybridized carbons (Fsp3) is 0.444. The number of nitrogens with one attached hydrogen (secondary N) is 1. The van der Waals surface area contributed by atoms with Gasteiger partial charge in [0.2, 0.25) is 5.91 Å². The fourth-order valence-corrected chi connectivity index (χ4v) is 3.16. The van der Waals surface area contributed by atoms with Crippen molar-refractivity contribution in [3.8, 4) is 11.5 Å². The molecular formula is C18H22N4O2. The number of aromatic amines is 1. The molecule has 6 nitrogen and oxygen atoms in total. The summed E-state index contributed by atoms with van der Waals surface area (Å²) in [4.78, 5) is 38.3. The van der Waals surface area contributed by atoms with E-state index in [0.717, 1.165) is 25.8 Å². The number of aromatic nitrogens is 3. The van der Waals surface area contributed by atoms with E-state index >= 15 is 0 Å². The Hall–Kier alpha value is -2.50. The van der Waals surface area contributed by atoms with Crippen LogP contribution in [-0.4, -0.2) is 38.3 Å². The minimum absolute atomic E-state index is 0.00295. The molecule has 0 aliphatic carbocycles. The molecule has 1 saturated heterocycles. The van der Waals surface area contributed by atoms with Gasteiger partial charge in [0.05, 0.1) is 6.42 Å². The first-order chi connectivity index (χ1) is 11.6. The molecule has 0 bridgehead atoms. The third kappa shape index (κ3) is 3.37. The lowest BCUT2D eigenvalue weighted by Crippen LogP contribution is -2.43. The summed E-state index contributed by atoms with van der Waals surface area (Å²) in [5.74, 6) is 0.434. The topological polar surface area (TPSA) is 79.0 Å². The Kier molecular flexibility index (Phi) is 4.74. The Morgan fingerprint density at radius 3 is 2.88 bits per heavy atom. The molecule has 1 unspecified atom stereocenters. The average molecular weight is 326 g/mol. The predicted octanol–water partition coefficient (Wildman–Crippen LogP) is 2.08. The van der Waals surface area contributed by atoms with Crippen molar-refractivity contribution in [3.63, 3.8) is 0 Å². The number of rotatable bonds is 3. The van der Waals surface area contributed by atoms with Crippen molar-refractivity contribution in [1.29, 1.82) is 0 Å². The van der Waals surface area contributed by atoms with Gasteiger partial charge >= 0.3 is 0 Å². The van der Waals surface area contributed by atoms with Gasteiger partial charge in [-0.25, -0.2) is 4.98 Å². The Morgan fingerprint density at radius 1 is 1.38 bits per heavy atom. The van der Waals surface area contributed by atoms with Crippen molar-refractivity contribution < 1.29 is 4.79 Å². The van der Waals surface area contributed by atoms with Crippen LogP contribution in [0.2, 0.25) is 0 Å². The van der Waals surface area contributed by atoms with Crippen LogP contribution in [0.5, 0.6) is 0 Å². The summed E-state index contributed by atoms with van der Waals surface area (Å²) in [7, 11) is 0. The van der Waals surface area contributed by atoms with Gasteiger partial charge < -0.3 is 9.88 Å². The quantitative estimate of drug-likeness (QED) is 0.936. The molecule has 0 saturated carbocycles. The molecule has 1 N–H and O–H groups in total. The van der Waals surface area contributed by atoms with Gasteiger partial charge in [-0.15, -0.1) is 0 Å². The van der Waals surface area contributed by atoms with Crippen LogP contribution in [0, 0.1) is 6.92 Å². The van der Waals surface area contributed by atoms with E-state index in [1.807, 2.05) is 11.0 Å². The van der Waals surface area contributed by atoms with E-state index in [9.17, 15) is 9.59 Å². The highest BCUT2D eigenvalue weighted by atomic mass is 16.2. The number of piperidine rings is 1. The normalized spacial score (nSPS) is 17.8. The van der Waals surface area contributed by atoms with Gasteiger partial charge in [-0.3, -0.25) is 14.6 Å². The van der Waals surface area contributed by atoms with E-state index in [1.54, 1.807) is 25.3 Å². The Labute approximate surface area is 141 Å². The Bertz CT molecular complexity index is 785. The molecule has 1 atom stereocenters. The largest absolute Gasteiger partial charge is 0.340 e. The molecule has 1 fully saturated rings. The number of hydrogen-bond acceptors (Lipinski definition) is 4. The van der Waals surface area contributed by atoms with Gasteiger partial charge in [0, 0.05) is 30.0 Å². The summed E-state index contributed by atoms with van der Waals surface area (Å²) in [6.07, 6.45) is 4.96.